The number of rotatable bonds is 7. The summed E-state index contributed by atoms with van der Waals surface area (Å²) in [7, 11) is 0. The Balaban J connectivity index is 2.46. The number of hydrogen-bond donors (Lipinski definition) is 1. The van der Waals surface area contributed by atoms with Crippen molar-refractivity contribution in [3.63, 3.8) is 0 Å². The van der Waals surface area contributed by atoms with Crippen LogP contribution in [0.1, 0.15) is 30.9 Å². The van der Waals surface area contributed by atoms with E-state index in [1.54, 1.807) is 6.08 Å². The highest BCUT2D eigenvalue weighted by Crippen LogP contribution is 2.19. The third kappa shape index (κ3) is 4.82. The van der Waals surface area contributed by atoms with Gasteiger partial charge in [-0.25, -0.2) is 0 Å². The maximum absolute atomic E-state index is 11.5. The number of carbonyl (C=O) groups excluding carboxylic acids is 1. The van der Waals surface area contributed by atoms with Gasteiger partial charge in [-0.3, -0.25) is 9.59 Å². The predicted octanol–water partition coefficient (Wildman–Crippen LogP) is 2.71. The van der Waals surface area contributed by atoms with Crippen molar-refractivity contribution < 1.29 is 19.4 Å². The molecule has 0 radical (unpaired) electrons. The maximum Gasteiger partial charge on any atom is 0.306 e. The molecule has 1 unspecified atom stereocenters. The van der Waals surface area contributed by atoms with Gasteiger partial charge in [0.15, 0.2) is 0 Å². The third-order valence-corrected chi connectivity index (χ3v) is 2.37. The molecule has 0 saturated heterocycles. The van der Waals surface area contributed by atoms with Crippen molar-refractivity contribution in [2.75, 3.05) is 0 Å². The number of benzene rings is 1. The zero-order chi connectivity index (χ0) is 13.4. The Morgan fingerprint density at radius 2 is 1.94 bits per heavy atom. The van der Waals surface area contributed by atoms with Crippen LogP contribution in [-0.2, 0) is 14.3 Å². The van der Waals surface area contributed by atoms with Crippen molar-refractivity contribution in [2.45, 2.75) is 25.4 Å². The highest BCUT2D eigenvalue weighted by Gasteiger charge is 2.13. The normalized spacial score (nSPS) is 11.6. The number of carbonyl (C=O) groups is 2. The Morgan fingerprint density at radius 1 is 1.28 bits per heavy atom. The Hall–Kier alpha value is -2.10. The predicted molar refractivity (Wildman–Crippen MR) is 67.0 cm³/mol. The van der Waals surface area contributed by atoms with Crippen molar-refractivity contribution in [3.05, 3.63) is 48.6 Å². The van der Waals surface area contributed by atoms with E-state index in [-0.39, 0.29) is 19.3 Å². The largest absolute Gasteiger partial charge is 0.481 e. The zero-order valence-electron chi connectivity index (χ0n) is 10.0. The van der Waals surface area contributed by atoms with E-state index >= 15 is 0 Å². The van der Waals surface area contributed by atoms with Gasteiger partial charge in [0, 0.05) is 12.8 Å². The number of esters is 1. The minimum atomic E-state index is -0.911. The lowest BCUT2D eigenvalue weighted by molar-refractivity contribution is -0.147. The standard InChI is InChI=1S/C14H16O4/c1-2-12(11-7-4-3-5-8-11)18-14(17)10-6-9-13(15)16/h2-5,7-8,12H,1,6,9-10H2,(H,15,16). The fourth-order valence-corrected chi connectivity index (χ4v) is 1.48. The van der Waals surface area contributed by atoms with Crippen LogP contribution in [0.15, 0.2) is 43.0 Å². The van der Waals surface area contributed by atoms with Crippen LogP contribution in [0.4, 0.5) is 0 Å². The van der Waals surface area contributed by atoms with Crippen molar-refractivity contribution >= 4 is 11.9 Å². The van der Waals surface area contributed by atoms with Crippen LogP contribution in [-0.4, -0.2) is 17.0 Å². The average molecular weight is 248 g/mol. The summed E-state index contributed by atoms with van der Waals surface area (Å²) >= 11 is 0. The third-order valence-electron chi connectivity index (χ3n) is 2.37. The average Bonchev–Trinajstić information content (AvgIpc) is 2.36. The minimum Gasteiger partial charge on any atom is -0.481 e. The molecule has 1 aromatic rings. The van der Waals surface area contributed by atoms with Gasteiger partial charge in [-0.2, -0.15) is 0 Å². The molecule has 0 heterocycles. The first-order valence-corrected chi connectivity index (χ1v) is 5.72. The van der Waals surface area contributed by atoms with Crippen molar-refractivity contribution in [3.8, 4) is 0 Å². The van der Waals surface area contributed by atoms with Crippen molar-refractivity contribution in [2.24, 2.45) is 0 Å². The molecule has 1 aromatic carbocycles. The van der Waals surface area contributed by atoms with E-state index in [9.17, 15) is 9.59 Å². The second kappa shape index (κ2) is 7.27. The molecule has 1 rings (SSSR count). The van der Waals surface area contributed by atoms with Gasteiger partial charge in [0.1, 0.15) is 6.10 Å². The second-order valence-corrected chi connectivity index (χ2v) is 3.80. The van der Waals surface area contributed by atoms with Crippen LogP contribution in [0, 0.1) is 0 Å². The minimum absolute atomic E-state index is 0.0286. The molecule has 1 atom stereocenters. The summed E-state index contributed by atoms with van der Waals surface area (Å²) in [4.78, 5) is 21.8. The van der Waals surface area contributed by atoms with Gasteiger partial charge < -0.3 is 9.84 Å². The van der Waals surface area contributed by atoms with E-state index in [1.165, 1.54) is 0 Å². The van der Waals surface area contributed by atoms with E-state index in [0.717, 1.165) is 5.56 Å². The van der Waals surface area contributed by atoms with Gasteiger partial charge in [0.25, 0.3) is 0 Å². The molecular formula is C14H16O4. The molecule has 1 N–H and O–H groups in total. The van der Waals surface area contributed by atoms with E-state index in [2.05, 4.69) is 6.58 Å². The topological polar surface area (TPSA) is 63.6 Å². The van der Waals surface area contributed by atoms with E-state index in [0.29, 0.717) is 0 Å². The second-order valence-electron chi connectivity index (χ2n) is 3.80. The van der Waals surface area contributed by atoms with Gasteiger partial charge in [-0.1, -0.05) is 36.9 Å². The first kappa shape index (κ1) is 14.0. The van der Waals surface area contributed by atoms with Crippen LogP contribution in [0.25, 0.3) is 0 Å². The fraction of sp³-hybridized carbons (Fsp3) is 0.286. The molecule has 0 aliphatic carbocycles. The van der Waals surface area contributed by atoms with Crippen LogP contribution >= 0.6 is 0 Å². The van der Waals surface area contributed by atoms with Crippen LogP contribution in [0.2, 0.25) is 0 Å². The van der Waals surface area contributed by atoms with Crippen molar-refractivity contribution in [1.29, 1.82) is 0 Å². The molecule has 4 heteroatoms. The number of aliphatic carboxylic acids is 1. The summed E-state index contributed by atoms with van der Waals surface area (Å²) in [5, 5.41) is 8.46. The Bertz CT molecular complexity index is 411. The summed E-state index contributed by atoms with van der Waals surface area (Å²) < 4.78 is 5.22. The molecule has 0 spiro atoms. The quantitative estimate of drug-likeness (QED) is 0.595. The molecule has 18 heavy (non-hydrogen) atoms. The molecule has 0 bridgehead atoms. The lowest BCUT2D eigenvalue weighted by atomic mass is 10.1. The van der Waals surface area contributed by atoms with Gasteiger partial charge in [0.05, 0.1) is 0 Å². The summed E-state index contributed by atoms with van der Waals surface area (Å²) in [5.74, 6) is -1.32. The SMILES string of the molecule is C=CC(OC(=O)CCCC(=O)O)c1ccccc1. The zero-order valence-corrected chi connectivity index (χ0v) is 10.0. The first-order valence-electron chi connectivity index (χ1n) is 5.72. The smallest absolute Gasteiger partial charge is 0.306 e. The van der Waals surface area contributed by atoms with Crippen molar-refractivity contribution in [1.82, 2.24) is 0 Å². The summed E-state index contributed by atoms with van der Waals surface area (Å²) in [5.41, 5.74) is 0.846. The Labute approximate surface area is 106 Å². The monoisotopic (exact) mass is 248 g/mol. The molecule has 0 aliphatic rings. The van der Waals surface area contributed by atoms with Gasteiger partial charge in [-0.05, 0) is 18.1 Å². The highest BCUT2D eigenvalue weighted by molar-refractivity contribution is 5.71. The molecular weight excluding hydrogens is 232 g/mol. The summed E-state index contributed by atoms with van der Waals surface area (Å²) in [6.45, 7) is 3.63. The molecule has 0 fully saturated rings. The number of carboxylic acid groups (broad SMARTS) is 1. The fourth-order valence-electron chi connectivity index (χ4n) is 1.48. The molecule has 4 nitrogen and oxygen atoms in total. The molecule has 0 saturated carbocycles. The Morgan fingerprint density at radius 3 is 2.50 bits per heavy atom. The maximum atomic E-state index is 11.5. The molecule has 0 amide bonds. The van der Waals surface area contributed by atoms with Gasteiger partial charge >= 0.3 is 11.9 Å². The lowest BCUT2D eigenvalue weighted by Crippen LogP contribution is -2.10. The lowest BCUT2D eigenvalue weighted by Gasteiger charge is -2.14. The van der Waals surface area contributed by atoms with E-state index < -0.39 is 18.0 Å². The van der Waals surface area contributed by atoms with E-state index in [1.807, 2.05) is 30.3 Å². The number of ether oxygens (including phenoxy) is 1. The summed E-state index contributed by atoms with van der Waals surface area (Å²) in [6.07, 6.45) is 1.42. The first-order chi connectivity index (χ1) is 8.63. The Kier molecular flexibility index (Phi) is 5.64. The summed E-state index contributed by atoms with van der Waals surface area (Å²) in [6, 6.07) is 9.26. The van der Waals surface area contributed by atoms with Crippen LogP contribution in [0.5, 0.6) is 0 Å². The number of carboxylic acids is 1. The molecule has 0 aliphatic heterocycles. The highest BCUT2D eigenvalue weighted by atomic mass is 16.5. The van der Waals surface area contributed by atoms with Crippen LogP contribution in [0.3, 0.4) is 0 Å². The molecule has 96 valence electrons. The van der Waals surface area contributed by atoms with Crippen LogP contribution < -0.4 is 0 Å². The van der Waals surface area contributed by atoms with Gasteiger partial charge in [-0.15, -0.1) is 0 Å². The van der Waals surface area contributed by atoms with E-state index in [4.69, 9.17) is 9.84 Å². The van der Waals surface area contributed by atoms with Gasteiger partial charge in [0.2, 0.25) is 0 Å². The number of hydrogen-bond acceptors (Lipinski definition) is 3. The molecule has 0 aromatic heterocycles.